The molecule has 1 amide bonds. The fraction of sp³-hybridized carbons (Fsp3) is 0.800. The van der Waals surface area contributed by atoms with E-state index in [9.17, 15) is 18.8 Å². The van der Waals surface area contributed by atoms with Crippen LogP contribution in [0.4, 0.5) is 0 Å². The molecule has 0 spiro atoms. The maximum Gasteiger partial charge on any atom is 0.335 e. The van der Waals surface area contributed by atoms with Crippen LogP contribution >= 0.6 is 15.0 Å². The van der Waals surface area contributed by atoms with Crippen LogP contribution < -0.4 is 5.32 Å². The van der Waals surface area contributed by atoms with Gasteiger partial charge in [-0.3, -0.25) is 13.9 Å². The van der Waals surface area contributed by atoms with E-state index in [1.807, 2.05) is 0 Å². The summed E-state index contributed by atoms with van der Waals surface area (Å²) in [5, 5.41) is 2.73. The molecule has 0 fully saturated rings. The Morgan fingerprint density at radius 3 is 1.79 bits per heavy atom. The van der Waals surface area contributed by atoms with E-state index in [1.165, 1.54) is 6.08 Å². The van der Waals surface area contributed by atoms with Gasteiger partial charge in [0.2, 0.25) is 13.3 Å². The Hall–Kier alpha value is -0.450. The van der Waals surface area contributed by atoms with Crippen LogP contribution in [0, 0.1) is 0 Å². The van der Waals surface area contributed by atoms with Gasteiger partial charge >= 0.3 is 7.60 Å². The first-order valence-corrected chi connectivity index (χ1v) is 12.2. The van der Waals surface area contributed by atoms with Crippen molar-refractivity contribution < 1.29 is 28.6 Å². The van der Waals surface area contributed by atoms with E-state index in [4.69, 9.17) is 9.79 Å². The van der Waals surface area contributed by atoms with E-state index in [2.05, 4.69) is 11.9 Å². The first kappa shape index (κ1) is 23.5. The van der Waals surface area contributed by atoms with Gasteiger partial charge in [-0.05, 0) is 18.9 Å². The molecule has 0 aliphatic carbocycles. The molecule has 1 atom stereocenters. The predicted octanol–water partition coefficient (Wildman–Crippen LogP) is 3.21. The Bertz CT molecular complexity index is 463. The third kappa shape index (κ3) is 16.4. The normalized spacial score (nSPS) is 14.1. The summed E-state index contributed by atoms with van der Waals surface area (Å²) in [5.74, 6) is -1.05. The van der Waals surface area contributed by atoms with E-state index in [0.29, 0.717) is 13.0 Å². The summed E-state index contributed by atoms with van der Waals surface area (Å²) in [6.07, 6.45) is 10.0. The Labute approximate surface area is 144 Å². The van der Waals surface area contributed by atoms with E-state index in [0.717, 1.165) is 51.4 Å². The summed E-state index contributed by atoms with van der Waals surface area (Å²) >= 11 is 0. The first-order chi connectivity index (χ1) is 11.2. The highest BCUT2D eigenvalue weighted by molar-refractivity contribution is 7.72. The van der Waals surface area contributed by atoms with Crippen molar-refractivity contribution in [2.45, 2.75) is 57.8 Å². The minimum absolute atomic E-state index is 0.0193. The maximum absolute atomic E-state index is 11.6. The van der Waals surface area contributed by atoms with Crippen molar-refractivity contribution >= 4 is 20.9 Å². The molecule has 0 saturated heterocycles. The fourth-order valence-corrected chi connectivity index (χ4v) is 5.95. The Morgan fingerprint density at radius 1 is 0.875 bits per heavy atom. The Balaban J connectivity index is 3.40. The molecule has 0 saturated carbocycles. The summed E-state index contributed by atoms with van der Waals surface area (Å²) < 4.78 is 22.3. The van der Waals surface area contributed by atoms with E-state index >= 15 is 0 Å². The molecule has 0 bridgehead atoms. The van der Waals surface area contributed by atoms with Crippen LogP contribution in [-0.2, 0) is 13.9 Å². The standard InChI is InChI=1S/C15H31NO6P2/c1-2-15(17)16-12-10-8-6-4-3-5-7-9-11-13-23(18,19)14-24(20,21)22/h2H,1,3-14H2,(H,16,17)(H,18,19)(H2,20,21,22). The highest BCUT2D eigenvalue weighted by Gasteiger charge is 2.28. The number of rotatable bonds is 15. The van der Waals surface area contributed by atoms with Crippen LogP contribution in [0.2, 0.25) is 0 Å². The highest BCUT2D eigenvalue weighted by Crippen LogP contribution is 2.54. The number of amides is 1. The third-order valence-corrected chi connectivity index (χ3v) is 7.83. The average molecular weight is 383 g/mol. The van der Waals surface area contributed by atoms with Crippen LogP contribution in [0.5, 0.6) is 0 Å². The zero-order valence-corrected chi connectivity index (χ0v) is 16.0. The lowest BCUT2D eigenvalue weighted by molar-refractivity contribution is -0.116. The van der Waals surface area contributed by atoms with Crippen LogP contribution in [0.25, 0.3) is 0 Å². The molecule has 0 aliphatic heterocycles. The maximum atomic E-state index is 11.6. The van der Waals surface area contributed by atoms with Gasteiger partial charge in [0, 0.05) is 12.7 Å². The molecule has 142 valence electrons. The molecule has 0 aromatic rings. The topological polar surface area (TPSA) is 124 Å². The van der Waals surface area contributed by atoms with E-state index in [-0.39, 0.29) is 12.1 Å². The number of unbranched alkanes of at least 4 members (excludes halogenated alkanes) is 8. The Morgan fingerprint density at radius 2 is 1.33 bits per heavy atom. The zero-order chi connectivity index (χ0) is 18.5. The predicted molar refractivity (Wildman–Crippen MR) is 96.4 cm³/mol. The van der Waals surface area contributed by atoms with E-state index < -0.39 is 20.9 Å². The minimum Gasteiger partial charge on any atom is -0.353 e. The quantitative estimate of drug-likeness (QED) is 0.196. The second-order valence-electron chi connectivity index (χ2n) is 6.05. The summed E-state index contributed by atoms with van der Waals surface area (Å²) in [5.41, 5.74) is 0. The Kier molecular flexibility index (Phi) is 12.6. The number of carbonyl (C=O) groups is 1. The van der Waals surface area contributed by atoms with Gasteiger partial charge in [0.1, 0.15) is 5.90 Å². The van der Waals surface area contributed by atoms with Crippen molar-refractivity contribution in [3.63, 3.8) is 0 Å². The monoisotopic (exact) mass is 383 g/mol. The molecular weight excluding hydrogens is 352 g/mol. The zero-order valence-electron chi connectivity index (χ0n) is 14.2. The SMILES string of the molecule is C=CC(=O)NCCCCCCCCCCCP(=O)(O)CP(=O)(O)O. The molecule has 9 heteroatoms. The van der Waals surface area contributed by atoms with Gasteiger partial charge in [0.25, 0.3) is 0 Å². The number of hydrogen-bond donors (Lipinski definition) is 4. The van der Waals surface area contributed by atoms with Crippen LogP contribution in [0.15, 0.2) is 12.7 Å². The number of hydrogen-bond acceptors (Lipinski definition) is 3. The fourth-order valence-electron chi connectivity index (χ4n) is 2.36. The molecule has 0 radical (unpaired) electrons. The van der Waals surface area contributed by atoms with Crippen molar-refractivity contribution in [2.24, 2.45) is 0 Å². The summed E-state index contributed by atoms with van der Waals surface area (Å²) in [6.45, 7) is 4.06. The average Bonchev–Trinajstić information content (AvgIpc) is 2.45. The highest BCUT2D eigenvalue weighted by atomic mass is 31.2. The third-order valence-electron chi connectivity index (χ3n) is 3.57. The van der Waals surface area contributed by atoms with Gasteiger partial charge in [0.15, 0.2) is 0 Å². The van der Waals surface area contributed by atoms with Crippen molar-refractivity contribution in [3.8, 4) is 0 Å². The van der Waals surface area contributed by atoms with Crippen LogP contribution in [0.1, 0.15) is 57.8 Å². The summed E-state index contributed by atoms with van der Waals surface area (Å²) in [6, 6.07) is 0. The summed E-state index contributed by atoms with van der Waals surface area (Å²) in [4.78, 5) is 37.8. The lowest BCUT2D eigenvalue weighted by Gasteiger charge is -2.12. The van der Waals surface area contributed by atoms with Crippen molar-refractivity contribution in [1.82, 2.24) is 5.32 Å². The second-order valence-corrected chi connectivity index (χ2v) is 10.7. The minimum atomic E-state index is -4.42. The van der Waals surface area contributed by atoms with Gasteiger partial charge in [-0.25, -0.2) is 0 Å². The van der Waals surface area contributed by atoms with Crippen molar-refractivity contribution in [2.75, 3.05) is 18.6 Å². The van der Waals surface area contributed by atoms with Crippen LogP contribution in [0.3, 0.4) is 0 Å². The molecule has 24 heavy (non-hydrogen) atoms. The lowest BCUT2D eigenvalue weighted by atomic mass is 10.1. The molecule has 7 nitrogen and oxygen atoms in total. The molecule has 1 unspecified atom stereocenters. The smallest absolute Gasteiger partial charge is 0.335 e. The van der Waals surface area contributed by atoms with Crippen LogP contribution in [-0.4, -0.2) is 39.2 Å². The molecule has 4 N–H and O–H groups in total. The second kappa shape index (κ2) is 12.8. The molecule has 0 aliphatic rings. The summed E-state index contributed by atoms with van der Waals surface area (Å²) in [7, 11) is -8.12. The van der Waals surface area contributed by atoms with E-state index in [1.54, 1.807) is 0 Å². The number of carbonyl (C=O) groups excluding carboxylic acids is 1. The van der Waals surface area contributed by atoms with Gasteiger partial charge in [-0.1, -0.05) is 51.5 Å². The van der Waals surface area contributed by atoms with Crippen molar-refractivity contribution in [3.05, 3.63) is 12.7 Å². The van der Waals surface area contributed by atoms with Gasteiger partial charge in [-0.2, -0.15) is 0 Å². The first-order valence-electron chi connectivity index (χ1n) is 8.42. The molecule has 0 aromatic heterocycles. The largest absolute Gasteiger partial charge is 0.353 e. The molecule has 0 aromatic carbocycles. The van der Waals surface area contributed by atoms with Gasteiger partial charge < -0.3 is 20.0 Å². The molecule has 0 heterocycles. The molecule has 0 rings (SSSR count). The van der Waals surface area contributed by atoms with Gasteiger partial charge in [0.05, 0.1) is 0 Å². The molecular formula is C15H31NO6P2. The van der Waals surface area contributed by atoms with Gasteiger partial charge in [-0.15, -0.1) is 0 Å². The van der Waals surface area contributed by atoms with Crippen molar-refractivity contribution in [1.29, 1.82) is 0 Å². The lowest BCUT2D eigenvalue weighted by Crippen LogP contribution is -2.21. The number of nitrogens with one attached hydrogen (secondary N) is 1.